The van der Waals surface area contributed by atoms with Gasteiger partial charge in [0.2, 0.25) is 0 Å². The first-order chi connectivity index (χ1) is 36.5. The second-order valence-electron chi connectivity index (χ2n) is 27.8. The normalized spacial score (nSPS) is 19.1. The summed E-state index contributed by atoms with van der Waals surface area (Å²) < 4.78 is 7.31. The third-order valence-electron chi connectivity index (χ3n) is 18.8. The lowest BCUT2D eigenvalue weighted by molar-refractivity contribution is 0.195. The van der Waals surface area contributed by atoms with Crippen LogP contribution in [0.4, 0.5) is 45.5 Å². The van der Waals surface area contributed by atoms with Gasteiger partial charge >= 0.3 is 0 Å². The van der Waals surface area contributed by atoms with Crippen LogP contribution in [0, 0.1) is 0 Å². The molecule has 1 fully saturated rings. The molecular formula is C72H76BN3O. The van der Waals surface area contributed by atoms with Crippen molar-refractivity contribution < 1.29 is 4.42 Å². The third kappa shape index (κ3) is 7.45. The van der Waals surface area contributed by atoms with Crippen LogP contribution in [0.25, 0.3) is 33.1 Å². The monoisotopic (exact) mass is 1010 g/mol. The van der Waals surface area contributed by atoms with Crippen LogP contribution < -0.4 is 31.1 Å². The second-order valence-corrected chi connectivity index (χ2v) is 27.8. The molecule has 77 heavy (non-hydrogen) atoms. The molecule has 4 heterocycles. The van der Waals surface area contributed by atoms with Crippen LogP contribution in [0.5, 0.6) is 0 Å². The van der Waals surface area contributed by atoms with Gasteiger partial charge in [-0.25, -0.2) is 0 Å². The summed E-state index contributed by atoms with van der Waals surface area (Å²) in [5, 5.41) is 2.29. The fraction of sp³-hybridized carbons (Fsp3) is 0.333. The van der Waals surface area contributed by atoms with Crippen LogP contribution in [0.15, 0.2) is 162 Å². The van der Waals surface area contributed by atoms with Gasteiger partial charge in [0.25, 0.3) is 6.71 Å². The van der Waals surface area contributed by atoms with E-state index in [1.165, 1.54) is 96.6 Å². The van der Waals surface area contributed by atoms with Crippen LogP contribution in [0.2, 0.25) is 0 Å². The minimum atomic E-state index is -0.181. The highest BCUT2D eigenvalue weighted by Gasteiger charge is 2.58. The standard InChI is InChI=1S/C72H76BN3O/c1-67(2,3)46-26-31-50(32-27-46)74-59-36-30-49(70(10,11)12)42-56(59)73-64-61(74)43-51(76-58-35-29-48(69(7,8)9)41-55(58)71(13)38-20-21-39-72(71,76)14)44-62(64)75(60-37-33-53-52-24-18-19-25-63(52)77-66(53)65(60)73)57-34-28-47(68(4,5)6)40-54(57)45-22-16-15-17-23-45/h15-19,22-37,40-44H,20-21,38-39H2,1-14H3. The van der Waals surface area contributed by atoms with Crippen molar-refractivity contribution in [3.63, 3.8) is 0 Å². The van der Waals surface area contributed by atoms with Gasteiger partial charge in [0, 0.05) is 61.6 Å². The van der Waals surface area contributed by atoms with E-state index in [1.54, 1.807) is 0 Å². The summed E-state index contributed by atoms with van der Waals surface area (Å²) in [4.78, 5) is 8.09. The van der Waals surface area contributed by atoms with Crippen molar-refractivity contribution in [2.45, 2.75) is 155 Å². The van der Waals surface area contributed by atoms with E-state index in [4.69, 9.17) is 4.42 Å². The molecule has 8 aromatic carbocycles. The maximum atomic E-state index is 7.31. The van der Waals surface area contributed by atoms with Crippen molar-refractivity contribution in [2.24, 2.45) is 0 Å². The second kappa shape index (κ2) is 16.8. The Hall–Kier alpha value is -6.98. The lowest BCUT2D eigenvalue weighted by atomic mass is 9.33. The van der Waals surface area contributed by atoms with Crippen molar-refractivity contribution in [3.8, 4) is 11.1 Å². The van der Waals surface area contributed by atoms with E-state index in [2.05, 4.69) is 269 Å². The number of nitrogens with zero attached hydrogens (tertiary/aromatic N) is 3. The van der Waals surface area contributed by atoms with Gasteiger partial charge in [-0.1, -0.05) is 194 Å². The Kier molecular flexibility index (Phi) is 10.8. The molecule has 1 aliphatic carbocycles. The van der Waals surface area contributed by atoms with Gasteiger partial charge in [-0.15, -0.1) is 0 Å². The Balaban J connectivity index is 1.20. The smallest absolute Gasteiger partial charge is 0.257 e. The zero-order chi connectivity index (χ0) is 53.9. The first-order valence-electron chi connectivity index (χ1n) is 28.6. The van der Waals surface area contributed by atoms with Crippen molar-refractivity contribution in [2.75, 3.05) is 14.7 Å². The number of fused-ring (bicyclic) bond motifs is 11. The minimum Gasteiger partial charge on any atom is -0.457 e. The lowest BCUT2D eigenvalue weighted by Gasteiger charge is -2.51. The van der Waals surface area contributed by atoms with Gasteiger partial charge in [0.1, 0.15) is 11.2 Å². The molecule has 0 amide bonds. The number of hydrogen-bond acceptors (Lipinski definition) is 4. The van der Waals surface area contributed by atoms with Crippen LogP contribution in [0.1, 0.15) is 150 Å². The maximum Gasteiger partial charge on any atom is 0.257 e. The van der Waals surface area contributed by atoms with E-state index < -0.39 is 0 Å². The summed E-state index contributed by atoms with van der Waals surface area (Å²) in [6.45, 7) is 33.1. The number of furan rings is 1. The maximum absolute atomic E-state index is 7.31. The topological polar surface area (TPSA) is 22.9 Å². The molecule has 13 rings (SSSR count). The Morgan fingerprint density at radius 3 is 1.68 bits per heavy atom. The van der Waals surface area contributed by atoms with Crippen molar-refractivity contribution >= 4 is 90.5 Å². The SMILES string of the molecule is CC(C)(C)c1ccc(N2c3ccc(C(C)(C)C)cc3B3c4c2cc(N2c5ccc(C(C)(C)C)cc5C5(C)CCCCC25C)cc4N(c2ccc(C(C)(C)C)cc2-c2ccccc2)c2ccc4c(oc5ccccc54)c23)cc1. The van der Waals surface area contributed by atoms with Gasteiger partial charge in [-0.2, -0.15) is 0 Å². The third-order valence-corrected chi connectivity index (χ3v) is 18.8. The quantitative estimate of drug-likeness (QED) is 0.164. The number of anilines is 8. The summed E-state index contributed by atoms with van der Waals surface area (Å²) >= 11 is 0. The minimum absolute atomic E-state index is 0.00335. The van der Waals surface area contributed by atoms with Crippen molar-refractivity contribution in [1.82, 2.24) is 0 Å². The predicted octanol–water partition coefficient (Wildman–Crippen LogP) is 18.3. The first-order valence-corrected chi connectivity index (χ1v) is 28.6. The van der Waals surface area contributed by atoms with Crippen LogP contribution in [0.3, 0.4) is 0 Å². The van der Waals surface area contributed by atoms with E-state index in [9.17, 15) is 0 Å². The highest BCUT2D eigenvalue weighted by atomic mass is 16.3. The molecule has 0 radical (unpaired) electrons. The molecule has 0 saturated heterocycles. The molecule has 388 valence electrons. The molecular weight excluding hydrogens is 934 g/mol. The molecule has 4 nitrogen and oxygen atoms in total. The molecule has 4 aliphatic rings. The summed E-state index contributed by atoms with van der Waals surface area (Å²) in [5.41, 5.74) is 24.2. The van der Waals surface area contributed by atoms with Gasteiger partial charge in [-0.3, -0.25) is 0 Å². The Bertz CT molecular complexity index is 3860. The largest absolute Gasteiger partial charge is 0.457 e. The number of rotatable bonds is 4. The Morgan fingerprint density at radius 1 is 0.442 bits per heavy atom. The predicted molar refractivity (Wildman–Crippen MR) is 331 cm³/mol. The fourth-order valence-corrected chi connectivity index (χ4v) is 14.1. The van der Waals surface area contributed by atoms with Crippen molar-refractivity contribution in [1.29, 1.82) is 0 Å². The van der Waals surface area contributed by atoms with Crippen molar-refractivity contribution in [3.05, 3.63) is 186 Å². The number of hydrogen-bond donors (Lipinski definition) is 0. The molecule has 2 atom stereocenters. The van der Waals surface area contributed by atoms with E-state index in [-0.39, 0.29) is 39.3 Å². The molecule has 0 spiro atoms. The van der Waals surface area contributed by atoms with E-state index in [1.807, 2.05) is 0 Å². The molecule has 5 heteroatoms. The average molecular weight is 1010 g/mol. The molecule has 9 aromatic rings. The summed E-state index contributed by atoms with van der Waals surface area (Å²) in [6, 6.07) is 61.3. The van der Waals surface area contributed by atoms with Gasteiger partial charge < -0.3 is 19.1 Å². The molecule has 0 N–H and O–H groups in total. The fourth-order valence-electron chi connectivity index (χ4n) is 14.1. The Labute approximate surface area is 459 Å². The highest BCUT2D eigenvalue weighted by molar-refractivity contribution is 7.01. The summed E-state index contributed by atoms with van der Waals surface area (Å²) in [6.07, 6.45) is 4.70. The summed E-state index contributed by atoms with van der Waals surface area (Å²) in [7, 11) is 0. The molecule has 3 aliphatic heterocycles. The van der Waals surface area contributed by atoms with Crippen LogP contribution in [-0.2, 0) is 27.1 Å². The van der Waals surface area contributed by atoms with Gasteiger partial charge in [-0.05, 0) is 158 Å². The molecule has 1 saturated carbocycles. The molecule has 0 bridgehead atoms. The lowest BCUT2D eigenvalue weighted by Crippen LogP contribution is -2.62. The zero-order valence-electron chi connectivity index (χ0n) is 48.2. The van der Waals surface area contributed by atoms with Gasteiger partial charge in [0.15, 0.2) is 0 Å². The molecule has 1 aromatic heterocycles. The van der Waals surface area contributed by atoms with E-state index in [0.717, 1.165) is 51.8 Å². The first kappa shape index (κ1) is 49.6. The molecule has 2 unspecified atom stereocenters. The highest BCUT2D eigenvalue weighted by Crippen LogP contribution is 2.62. The Morgan fingerprint density at radius 2 is 1.00 bits per heavy atom. The van der Waals surface area contributed by atoms with E-state index in [0.29, 0.717) is 0 Å². The van der Waals surface area contributed by atoms with Crippen LogP contribution >= 0.6 is 0 Å². The van der Waals surface area contributed by atoms with Gasteiger partial charge in [0.05, 0.1) is 11.2 Å². The zero-order valence-corrected chi connectivity index (χ0v) is 48.2. The average Bonchev–Trinajstić information content (AvgIpc) is 3.89. The number of benzene rings is 8. The van der Waals surface area contributed by atoms with Crippen LogP contribution in [-0.4, -0.2) is 12.3 Å². The summed E-state index contributed by atoms with van der Waals surface area (Å²) in [5.74, 6) is 0. The number of para-hydroxylation sites is 1. The van der Waals surface area contributed by atoms with E-state index >= 15 is 0 Å².